The zero-order valence-corrected chi connectivity index (χ0v) is 18.0. The van der Waals surface area contributed by atoms with Crippen LogP contribution in [0.15, 0.2) is 67.3 Å². The molecule has 0 fully saturated rings. The minimum absolute atomic E-state index is 0.00152. The van der Waals surface area contributed by atoms with Crippen molar-refractivity contribution < 1.29 is 35.9 Å². The van der Waals surface area contributed by atoms with Crippen LogP contribution in [0.3, 0.4) is 0 Å². The van der Waals surface area contributed by atoms with Crippen LogP contribution in [-0.2, 0) is 17.1 Å². The molecular formula is C23H18F6N4O2. The van der Waals surface area contributed by atoms with Crippen LogP contribution in [0.25, 0.3) is 6.08 Å². The number of nitrogens with two attached hydrogens (primary N) is 1. The largest absolute Gasteiger partial charge is 0.416 e. The number of anilines is 1. The van der Waals surface area contributed by atoms with Crippen molar-refractivity contribution in [3.05, 3.63) is 95.1 Å². The first kappa shape index (κ1) is 27.0. The molecule has 0 bridgehead atoms. The van der Waals surface area contributed by atoms with Crippen LogP contribution >= 0.6 is 0 Å². The summed E-state index contributed by atoms with van der Waals surface area (Å²) in [6.45, 7) is 1.77. The van der Waals surface area contributed by atoms with Crippen molar-refractivity contribution in [1.29, 1.82) is 0 Å². The lowest BCUT2D eigenvalue weighted by Crippen LogP contribution is -2.15. The molecule has 0 spiro atoms. The molecule has 35 heavy (non-hydrogen) atoms. The van der Waals surface area contributed by atoms with Crippen LogP contribution in [0.5, 0.6) is 0 Å². The molecule has 6 nitrogen and oxygen atoms in total. The van der Waals surface area contributed by atoms with Crippen molar-refractivity contribution in [2.75, 3.05) is 5.32 Å². The van der Waals surface area contributed by atoms with E-state index in [1.165, 1.54) is 24.5 Å². The lowest BCUT2D eigenvalue weighted by molar-refractivity contribution is -0.143. The molecule has 0 aliphatic carbocycles. The monoisotopic (exact) mass is 496 g/mol. The van der Waals surface area contributed by atoms with Crippen molar-refractivity contribution in [3.63, 3.8) is 0 Å². The van der Waals surface area contributed by atoms with Crippen LogP contribution in [0.1, 0.15) is 32.6 Å². The Hall–Kier alpha value is -4.22. The second-order valence-corrected chi connectivity index (χ2v) is 7.02. The number of aryl methyl sites for hydroxylation is 1. The summed E-state index contributed by atoms with van der Waals surface area (Å²) in [7, 11) is 0. The summed E-state index contributed by atoms with van der Waals surface area (Å²) < 4.78 is 76.6. The number of benzene rings is 2. The summed E-state index contributed by atoms with van der Waals surface area (Å²) in [5.74, 6) is -1.28. The number of carbonyl (C=O) groups is 2. The fraction of sp³-hybridized carbons (Fsp3) is 0.130. The van der Waals surface area contributed by atoms with Gasteiger partial charge in [0.2, 0.25) is 5.91 Å². The fourth-order valence-corrected chi connectivity index (χ4v) is 2.51. The number of amides is 2. The molecule has 3 rings (SSSR count). The minimum Gasteiger partial charge on any atom is -0.366 e. The summed E-state index contributed by atoms with van der Waals surface area (Å²) in [4.78, 5) is 29.7. The van der Waals surface area contributed by atoms with Crippen molar-refractivity contribution in [3.8, 4) is 0 Å². The molecule has 0 atom stereocenters. The number of nitrogens with zero attached hydrogens (tertiary/aromatic N) is 2. The van der Waals surface area contributed by atoms with Crippen molar-refractivity contribution in [1.82, 2.24) is 9.97 Å². The zero-order chi connectivity index (χ0) is 26.2. The average Bonchev–Trinajstić information content (AvgIpc) is 2.78. The Bertz CT molecular complexity index is 1160. The third-order valence-corrected chi connectivity index (χ3v) is 4.18. The number of hydrogen-bond donors (Lipinski definition) is 2. The van der Waals surface area contributed by atoms with E-state index in [0.29, 0.717) is 12.1 Å². The highest BCUT2D eigenvalue weighted by atomic mass is 19.4. The standard InChI is InChI=1S/C16H11F6NO.C7H7N3O/c1-9-2-4-10(5-3-9)14(24)23-13-7-11(15(17,18)19)6-12(8-13)16(20,21)22;8-7(11)2-1-6-3-9-5-10-4-6/h2-8H,1H3,(H,23,24);1-5H,(H2,8,11). The topological polar surface area (TPSA) is 98.0 Å². The number of aromatic nitrogens is 2. The Balaban J connectivity index is 0.000000328. The number of primary amides is 1. The quantitative estimate of drug-likeness (QED) is 0.380. The normalized spacial score (nSPS) is 11.5. The van der Waals surface area contributed by atoms with Gasteiger partial charge in [-0.05, 0) is 43.3 Å². The molecule has 12 heteroatoms. The van der Waals surface area contributed by atoms with Crippen LogP contribution < -0.4 is 11.1 Å². The first-order chi connectivity index (χ1) is 16.3. The van der Waals surface area contributed by atoms with E-state index in [9.17, 15) is 35.9 Å². The summed E-state index contributed by atoms with van der Waals surface area (Å²) in [5, 5.41) is 2.06. The lowest BCUT2D eigenvalue weighted by Gasteiger charge is -2.14. The van der Waals surface area contributed by atoms with E-state index in [4.69, 9.17) is 5.73 Å². The van der Waals surface area contributed by atoms with Gasteiger partial charge in [-0.2, -0.15) is 26.3 Å². The van der Waals surface area contributed by atoms with E-state index in [2.05, 4.69) is 15.3 Å². The molecule has 3 N–H and O–H groups in total. The summed E-state index contributed by atoms with van der Waals surface area (Å²) in [6, 6.07) is 6.96. The highest BCUT2D eigenvalue weighted by molar-refractivity contribution is 6.04. The van der Waals surface area contributed by atoms with Crippen molar-refractivity contribution >= 4 is 23.6 Å². The molecule has 2 aromatic carbocycles. The molecule has 1 heterocycles. The third-order valence-electron chi connectivity index (χ3n) is 4.18. The Labute approximate surface area is 195 Å². The average molecular weight is 496 g/mol. The molecule has 0 unspecified atom stereocenters. The maximum atomic E-state index is 12.8. The Kier molecular flexibility index (Phi) is 8.70. The van der Waals surface area contributed by atoms with Crippen LogP contribution in [-0.4, -0.2) is 21.8 Å². The number of halogens is 6. The fourth-order valence-electron chi connectivity index (χ4n) is 2.51. The Morgan fingerprint density at radius 1 is 0.886 bits per heavy atom. The van der Waals surface area contributed by atoms with E-state index < -0.39 is 41.0 Å². The summed E-state index contributed by atoms with van der Waals surface area (Å²) in [5.41, 5.74) is 3.04. The predicted octanol–water partition coefficient (Wildman–Crippen LogP) is 5.26. The molecule has 0 saturated heterocycles. The van der Waals surface area contributed by atoms with Crippen LogP contribution in [0, 0.1) is 6.92 Å². The van der Waals surface area contributed by atoms with Gasteiger partial charge in [0.1, 0.15) is 6.33 Å². The number of rotatable bonds is 4. The molecule has 184 valence electrons. The second kappa shape index (κ2) is 11.3. The maximum absolute atomic E-state index is 12.8. The van der Waals surface area contributed by atoms with Crippen LogP contribution in [0.2, 0.25) is 0 Å². The summed E-state index contributed by atoms with van der Waals surface area (Å²) in [6.07, 6.45) is -2.52. The Morgan fingerprint density at radius 3 is 1.86 bits per heavy atom. The first-order valence-corrected chi connectivity index (χ1v) is 9.66. The molecule has 0 saturated carbocycles. The van der Waals surface area contributed by atoms with Gasteiger partial charge in [-0.25, -0.2) is 9.97 Å². The second-order valence-electron chi connectivity index (χ2n) is 7.02. The van der Waals surface area contributed by atoms with Gasteiger partial charge in [-0.3, -0.25) is 9.59 Å². The van der Waals surface area contributed by atoms with Crippen LogP contribution in [0.4, 0.5) is 32.0 Å². The maximum Gasteiger partial charge on any atom is 0.416 e. The van der Waals surface area contributed by atoms with Gasteiger partial charge >= 0.3 is 12.4 Å². The molecule has 1 aromatic heterocycles. The van der Waals surface area contributed by atoms with E-state index in [-0.39, 0.29) is 11.6 Å². The van der Waals surface area contributed by atoms with E-state index in [0.717, 1.165) is 11.1 Å². The number of carbonyl (C=O) groups excluding carboxylic acids is 2. The molecule has 0 aliphatic rings. The van der Waals surface area contributed by atoms with E-state index in [1.807, 2.05) is 0 Å². The van der Waals surface area contributed by atoms with Gasteiger partial charge in [0.05, 0.1) is 11.1 Å². The van der Waals surface area contributed by atoms with Gasteiger partial charge in [0.15, 0.2) is 0 Å². The van der Waals surface area contributed by atoms with Crippen molar-refractivity contribution in [2.24, 2.45) is 5.73 Å². The van der Waals surface area contributed by atoms with E-state index >= 15 is 0 Å². The smallest absolute Gasteiger partial charge is 0.366 e. The van der Waals surface area contributed by atoms with Gasteiger partial charge in [-0.15, -0.1) is 0 Å². The van der Waals surface area contributed by atoms with E-state index in [1.54, 1.807) is 37.5 Å². The molecule has 2 amide bonds. The molecule has 0 aliphatic heterocycles. The third kappa shape index (κ3) is 8.91. The minimum atomic E-state index is -4.97. The highest BCUT2D eigenvalue weighted by Gasteiger charge is 2.37. The lowest BCUT2D eigenvalue weighted by atomic mass is 10.1. The van der Waals surface area contributed by atoms with Gasteiger partial charge in [0, 0.05) is 35.3 Å². The van der Waals surface area contributed by atoms with Gasteiger partial charge in [-0.1, -0.05) is 17.7 Å². The molecular weight excluding hydrogens is 478 g/mol. The first-order valence-electron chi connectivity index (χ1n) is 9.66. The SMILES string of the molecule is Cc1ccc(C(=O)Nc2cc(C(F)(F)F)cc(C(F)(F)F)c2)cc1.NC(=O)C=Cc1cncnc1. The number of nitrogens with one attached hydrogen (secondary N) is 1. The van der Waals surface area contributed by atoms with Gasteiger partial charge in [0.25, 0.3) is 5.91 Å². The Morgan fingerprint density at radius 2 is 1.40 bits per heavy atom. The number of hydrogen-bond acceptors (Lipinski definition) is 4. The highest BCUT2D eigenvalue weighted by Crippen LogP contribution is 2.37. The summed E-state index contributed by atoms with van der Waals surface area (Å²) >= 11 is 0. The molecule has 3 aromatic rings. The zero-order valence-electron chi connectivity index (χ0n) is 18.0. The predicted molar refractivity (Wildman–Crippen MR) is 116 cm³/mol. The molecule has 0 radical (unpaired) electrons. The van der Waals surface area contributed by atoms with Crippen molar-refractivity contribution in [2.45, 2.75) is 19.3 Å². The van der Waals surface area contributed by atoms with Gasteiger partial charge < -0.3 is 11.1 Å². The number of alkyl halides is 6.